The third-order valence-corrected chi connectivity index (χ3v) is 7.36. The zero-order chi connectivity index (χ0) is 30.3. The van der Waals surface area contributed by atoms with E-state index in [1.807, 2.05) is 0 Å². The van der Waals surface area contributed by atoms with Crippen LogP contribution >= 0.6 is 12.2 Å². The highest BCUT2D eigenvalue weighted by Gasteiger charge is 2.46. The number of benzene rings is 3. The molecular formula is C32H32FN5O4S. The lowest BCUT2D eigenvalue weighted by Gasteiger charge is -2.22. The maximum absolute atomic E-state index is 13.9. The zero-order valence-electron chi connectivity index (χ0n) is 23.9. The van der Waals surface area contributed by atoms with Crippen LogP contribution in [0.2, 0.25) is 0 Å². The van der Waals surface area contributed by atoms with Crippen LogP contribution < -0.4 is 24.6 Å². The van der Waals surface area contributed by atoms with Crippen molar-refractivity contribution in [2.75, 3.05) is 28.8 Å². The monoisotopic (exact) mass is 601 g/mol. The number of carbonyl (C=O) groups excluding carboxylic acids is 2. The van der Waals surface area contributed by atoms with Crippen molar-refractivity contribution in [1.29, 1.82) is 0 Å². The number of amides is 2. The summed E-state index contributed by atoms with van der Waals surface area (Å²) in [5.74, 6) is 0.150. The molecule has 1 N–H and O–H groups in total. The minimum absolute atomic E-state index is 0.164. The lowest BCUT2D eigenvalue weighted by Crippen LogP contribution is -2.37. The molecule has 222 valence electrons. The summed E-state index contributed by atoms with van der Waals surface area (Å²) < 4.78 is 26.3. The Labute approximate surface area is 254 Å². The van der Waals surface area contributed by atoms with Gasteiger partial charge in [-0.15, -0.1) is 0 Å². The number of carbonyl (C=O) groups is 2. The van der Waals surface area contributed by atoms with E-state index in [4.69, 9.17) is 21.7 Å². The molecule has 5 rings (SSSR count). The number of anilines is 3. The topological polar surface area (TPSA) is 88.9 Å². The number of methoxy groups -OCH3 is 1. The van der Waals surface area contributed by atoms with Crippen LogP contribution in [0.3, 0.4) is 0 Å². The summed E-state index contributed by atoms with van der Waals surface area (Å²) in [6.45, 7) is 3.11. The predicted octanol–water partition coefficient (Wildman–Crippen LogP) is 5.79. The molecule has 9 nitrogen and oxygen atoms in total. The molecule has 1 unspecified atom stereocenters. The van der Waals surface area contributed by atoms with Crippen LogP contribution in [0.1, 0.15) is 31.7 Å². The van der Waals surface area contributed by atoms with Crippen molar-refractivity contribution < 1.29 is 23.5 Å². The van der Waals surface area contributed by atoms with E-state index < -0.39 is 6.04 Å². The number of nitrogens with one attached hydrogen (secondary N) is 1. The molecular weight excluding hydrogens is 569 g/mol. The van der Waals surface area contributed by atoms with E-state index in [0.29, 0.717) is 36.0 Å². The fraction of sp³-hybridized carbons (Fsp3) is 0.250. The van der Waals surface area contributed by atoms with E-state index in [9.17, 15) is 14.0 Å². The second-order valence-electron chi connectivity index (χ2n) is 10.0. The first-order valence-electron chi connectivity index (χ1n) is 14.0. The summed E-state index contributed by atoms with van der Waals surface area (Å²) >= 11 is 5.83. The normalized spacial score (nSPS) is 14.7. The third kappa shape index (κ3) is 6.83. The van der Waals surface area contributed by atoms with E-state index in [0.717, 1.165) is 24.2 Å². The van der Waals surface area contributed by atoms with Gasteiger partial charge in [-0.05, 0) is 72.7 Å². The van der Waals surface area contributed by atoms with Crippen molar-refractivity contribution in [2.45, 2.75) is 38.8 Å². The number of unbranched alkanes of at least 4 members (excludes halogenated alkanes) is 1. The molecule has 0 aliphatic carbocycles. The van der Waals surface area contributed by atoms with Gasteiger partial charge in [0.2, 0.25) is 5.91 Å². The largest absolute Gasteiger partial charge is 0.495 e. The van der Waals surface area contributed by atoms with Gasteiger partial charge in [0.15, 0.2) is 5.11 Å². The first-order valence-corrected chi connectivity index (χ1v) is 14.4. The average Bonchev–Trinajstić information content (AvgIpc) is 3.56. The van der Waals surface area contributed by atoms with Gasteiger partial charge >= 0.3 is 0 Å². The molecule has 1 aromatic heterocycles. The van der Waals surface area contributed by atoms with Crippen molar-refractivity contribution in [1.82, 2.24) is 9.78 Å². The molecule has 1 aliphatic rings. The van der Waals surface area contributed by atoms with Crippen LogP contribution in [-0.4, -0.2) is 46.5 Å². The lowest BCUT2D eigenvalue weighted by atomic mass is 10.1. The number of thiocarbonyl (C=S) groups is 1. The molecule has 2 heterocycles. The number of nitrogens with zero attached hydrogens (tertiary/aromatic N) is 4. The maximum atomic E-state index is 13.9. The fourth-order valence-electron chi connectivity index (χ4n) is 4.80. The van der Waals surface area contributed by atoms with E-state index in [1.54, 1.807) is 82.6 Å². The Morgan fingerprint density at radius 3 is 2.53 bits per heavy atom. The number of ether oxygens (including phenoxy) is 2. The first-order chi connectivity index (χ1) is 20.9. The van der Waals surface area contributed by atoms with Gasteiger partial charge in [0.1, 0.15) is 23.4 Å². The number of para-hydroxylation sites is 2. The van der Waals surface area contributed by atoms with Crippen LogP contribution in [0.5, 0.6) is 11.5 Å². The summed E-state index contributed by atoms with van der Waals surface area (Å²) in [5.41, 5.74) is 2.46. The van der Waals surface area contributed by atoms with Crippen LogP contribution in [-0.2, 0) is 16.1 Å². The van der Waals surface area contributed by atoms with Gasteiger partial charge in [-0.25, -0.2) is 4.39 Å². The van der Waals surface area contributed by atoms with E-state index in [-0.39, 0.29) is 29.2 Å². The number of halogens is 1. The second-order valence-corrected chi connectivity index (χ2v) is 10.4. The standard InChI is InChI=1S/C32H32FN5O4S/c1-3-4-17-42-26-15-13-24(14-16-26)35-30(39)18-28-31(40)38(27-7-5-6-8-29(27)41-2)32(43)37(28)25-19-34-36(21-25)20-22-9-11-23(33)12-10-22/h5-16,19,21,28H,3-4,17-18,20H2,1-2H3,(H,35,39). The summed E-state index contributed by atoms with van der Waals surface area (Å²) in [5, 5.41) is 7.52. The Bertz CT molecular complexity index is 1590. The molecule has 3 aromatic carbocycles. The quantitative estimate of drug-likeness (QED) is 0.162. The van der Waals surface area contributed by atoms with Gasteiger partial charge in [-0.2, -0.15) is 5.10 Å². The van der Waals surface area contributed by atoms with E-state index in [2.05, 4.69) is 17.3 Å². The average molecular weight is 602 g/mol. The zero-order valence-corrected chi connectivity index (χ0v) is 24.7. The molecule has 43 heavy (non-hydrogen) atoms. The Kier molecular flexibility index (Phi) is 9.31. The van der Waals surface area contributed by atoms with Crippen LogP contribution in [0.15, 0.2) is 85.2 Å². The minimum Gasteiger partial charge on any atom is -0.495 e. The van der Waals surface area contributed by atoms with Crippen molar-refractivity contribution in [3.8, 4) is 11.5 Å². The Morgan fingerprint density at radius 1 is 1.07 bits per heavy atom. The van der Waals surface area contributed by atoms with E-state index >= 15 is 0 Å². The lowest BCUT2D eigenvalue weighted by molar-refractivity contribution is -0.122. The summed E-state index contributed by atoms with van der Waals surface area (Å²) in [7, 11) is 1.52. The highest BCUT2D eigenvalue weighted by atomic mass is 32.1. The van der Waals surface area contributed by atoms with Gasteiger partial charge in [0.25, 0.3) is 5.91 Å². The molecule has 1 aliphatic heterocycles. The highest BCUT2D eigenvalue weighted by molar-refractivity contribution is 7.81. The molecule has 4 aromatic rings. The highest BCUT2D eigenvalue weighted by Crippen LogP contribution is 2.36. The summed E-state index contributed by atoms with van der Waals surface area (Å²) in [4.78, 5) is 30.2. The number of hydrogen-bond acceptors (Lipinski definition) is 6. The van der Waals surface area contributed by atoms with Crippen LogP contribution in [0, 0.1) is 5.82 Å². The van der Waals surface area contributed by atoms with Crippen LogP contribution in [0.4, 0.5) is 21.5 Å². The molecule has 1 atom stereocenters. The van der Waals surface area contributed by atoms with Gasteiger partial charge in [0, 0.05) is 11.9 Å². The molecule has 0 spiro atoms. The maximum Gasteiger partial charge on any atom is 0.257 e. The number of aromatic nitrogens is 2. The van der Waals surface area contributed by atoms with E-state index in [1.165, 1.54) is 24.1 Å². The first kappa shape index (κ1) is 29.7. The Balaban J connectivity index is 1.38. The number of rotatable bonds is 12. The minimum atomic E-state index is -0.933. The second kappa shape index (κ2) is 13.5. The van der Waals surface area contributed by atoms with Crippen molar-refractivity contribution >= 4 is 46.2 Å². The summed E-state index contributed by atoms with van der Waals surface area (Å²) in [6, 6.07) is 19.4. The van der Waals surface area contributed by atoms with Crippen LogP contribution in [0.25, 0.3) is 0 Å². The van der Waals surface area contributed by atoms with Gasteiger partial charge in [0.05, 0.1) is 44.3 Å². The van der Waals surface area contributed by atoms with Gasteiger partial charge in [-0.3, -0.25) is 19.2 Å². The van der Waals surface area contributed by atoms with Crippen molar-refractivity contribution in [2.24, 2.45) is 0 Å². The molecule has 2 amide bonds. The third-order valence-electron chi connectivity index (χ3n) is 6.98. The molecule has 1 saturated heterocycles. The Morgan fingerprint density at radius 2 is 1.81 bits per heavy atom. The summed E-state index contributed by atoms with van der Waals surface area (Å²) in [6.07, 6.45) is 5.18. The number of hydrogen-bond donors (Lipinski definition) is 1. The molecule has 0 saturated carbocycles. The smallest absolute Gasteiger partial charge is 0.257 e. The van der Waals surface area contributed by atoms with Crippen molar-refractivity contribution in [3.63, 3.8) is 0 Å². The predicted molar refractivity (Wildman–Crippen MR) is 167 cm³/mol. The molecule has 0 bridgehead atoms. The van der Waals surface area contributed by atoms with Crippen molar-refractivity contribution in [3.05, 3.63) is 96.6 Å². The SMILES string of the molecule is CCCCOc1ccc(NC(=O)CC2C(=O)N(c3ccccc3OC)C(=S)N2c2cnn(Cc3ccc(F)cc3)c2)cc1. The molecule has 11 heteroatoms. The molecule has 1 fully saturated rings. The Hall–Kier alpha value is -4.77. The van der Waals surface area contributed by atoms with Gasteiger partial charge < -0.3 is 19.7 Å². The molecule has 0 radical (unpaired) electrons. The van der Waals surface area contributed by atoms with Gasteiger partial charge in [-0.1, -0.05) is 37.6 Å². The fourth-order valence-corrected chi connectivity index (χ4v) is 5.22.